The molecule has 0 saturated carbocycles. The molecular weight excluding hydrogens is 312 g/mol. The summed E-state index contributed by atoms with van der Waals surface area (Å²) in [6.45, 7) is 8.43. The van der Waals surface area contributed by atoms with E-state index in [2.05, 4.69) is 19.2 Å². The Hall–Kier alpha value is -1.39. The molecule has 1 amide bonds. The van der Waals surface area contributed by atoms with E-state index in [4.69, 9.17) is 5.73 Å². The van der Waals surface area contributed by atoms with Crippen LogP contribution in [0.5, 0.6) is 0 Å². The number of benzene rings is 1. The molecule has 0 unspecified atom stereocenters. The number of ketones is 1. The molecule has 0 radical (unpaired) electrons. The molecule has 0 saturated heterocycles. The SMILES string of the molecule is CC(C)Cc1ccc(C(=O)CCC(=O)NCC(C)(C)N)cc1.Cl. The first kappa shape index (κ1) is 21.6. The van der Waals surface area contributed by atoms with Gasteiger partial charge in [-0.3, -0.25) is 9.59 Å². The number of carbonyl (C=O) groups is 2. The van der Waals surface area contributed by atoms with E-state index in [1.165, 1.54) is 5.56 Å². The highest BCUT2D eigenvalue weighted by Gasteiger charge is 2.14. The van der Waals surface area contributed by atoms with Gasteiger partial charge in [-0.2, -0.15) is 0 Å². The molecule has 0 aliphatic rings. The highest BCUT2D eigenvalue weighted by atomic mass is 35.5. The Morgan fingerprint density at radius 3 is 2.17 bits per heavy atom. The van der Waals surface area contributed by atoms with Crippen molar-refractivity contribution in [3.63, 3.8) is 0 Å². The maximum Gasteiger partial charge on any atom is 0.220 e. The van der Waals surface area contributed by atoms with Gasteiger partial charge in [0.05, 0.1) is 0 Å². The standard InChI is InChI=1S/C18H28N2O2.ClH/c1-13(2)11-14-5-7-15(8-6-14)16(21)9-10-17(22)20-12-18(3,4)19;/h5-8,13H,9-12,19H2,1-4H3,(H,20,22);1H. The normalized spacial score (nSPS) is 11.0. The zero-order chi connectivity index (χ0) is 16.8. The van der Waals surface area contributed by atoms with Gasteiger partial charge < -0.3 is 11.1 Å². The maximum absolute atomic E-state index is 12.1. The second-order valence-electron chi connectivity index (χ2n) is 6.98. The Kier molecular flexibility index (Phi) is 9.10. The van der Waals surface area contributed by atoms with Gasteiger partial charge in [0.15, 0.2) is 5.78 Å². The second kappa shape index (κ2) is 9.68. The molecule has 0 fully saturated rings. The lowest BCUT2D eigenvalue weighted by atomic mass is 9.99. The topological polar surface area (TPSA) is 72.2 Å². The van der Waals surface area contributed by atoms with Gasteiger partial charge in [-0.1, -0.05) is 38.1 Å². The molecule has 1 aromatic rings. The van der Waals surface area contributed by atoms with Crippen molar-refractivity contribution in [1.29, 1.82) is 0 Å². The summed E-state index contributed by atoms with van der Waals surface area (Å²) < 4.78 is 0. The monoisotopic (exact) mass is 340 g/mol. The van der Waals surface area contributed by atoms with Crippen LogP contribution >= 0.6 is 12.4 Å². The van der Waals surface area contributed by atoms with Crippen molar-refractivity contribution in [2.75, 3.05) is 6.54 Å². The molecule has 23 heavy (non-hydrogen) atoms. The predicted molar refractivity (Wildman–Crippen MR) is 97.1 cm³/mol. The van der Waals surface area contributed by atoms with Crippen molar-refractivity contribution in [3.05, 3.63) is 35.4 Å². The van der Waals surface area contributed by atoms with Crippen LogP contribution in [0.2, 0.25) is 0 Å². The van der Waals surface area contributed by atoms with Gasteiger partial charge in [0.25, 0.3) is 0 Å². The van der Waals surface area contributed by atoms with Gasteiger partial charge in [0.2, 0.25) is 5.91 Å². The number of nitrogens with two attached hydrogens (primary N) is 1. The summed E-state index contributed by atoms with van der Waals surface area (Å²) in [6, 6.07) is 7.68. The van der Waals surface area contributed by atoms with Gasteiger partial charge in [-0.15, -0.1) is 12.4 Å². The van der Waals surface area contributed by atoms with E-state index in [0.717, 1.165) is 6.42 Å². The van der Waals surface area contributed by atoms with E-state index in [1.807, 2.05) is 38.1 Å². The summed E-state index contributed by atoms with van der Waals surface area (Å²) in [5, 5.41) is 2.74. The summed E-state index contributed by atoms with van der Waals surface area (Å²) in [7, 11) is 0. The maximum atomic E-state index is 12.1. The summed E-state index contributed by atoms with van der Waals surface area (Å²) >= 11 is 0. The minimum atomic E-state index is -0.439. The summed E-state index contributed by atoms with van der Waals surface area (Å²) in [5.74, 6) is 0.457. The van der Waals surface area contributed by atoms with Crippen LogP contribution in [0.3, 0.4) is 0 Å². The Morgan fingerprint density at radius 2 is 1.70 bits per heavy atom. The zero-order valence-electron chi connectivity index (χ0n) is 14.5. The van der Waals surface area contributed by atoms with Crippen molar-refractivity contribution < 1.29 is 9.59 Å². The predicted octanol–water partition coefficient (Wildman–Crippen LogP) is 3.12. The van der Waals surface area contributed by atoms with Gasteiger partial charge in [0.1, 0.15) is 0 Å². The third-order valence-electron chi connectivity index (χ3n) is 3.24. The molecule has 0 aliphatic heterocycles. The minimum absolute atomic E-state index is 0. The first-order valence-electron chi connectivity index (χ1n) is 7.85. The van der Waals surface area contributed by atoms with Crippen LogP contribution in [0, 0.1) is 5.92 Å². The molecule has 3 N–H and O–H groups in total. The number of rotatable bonds is 8. The first-order valence-corrected chi connectivity index (χ1v) is 7.85. The summed E-state index contributed by atoms with van der Waals surface area (Å²) in [5.41, 5.74) is 7.26. The van der Waals surface area contributed by atoms with Crippen LogP contribution in [0.1, 0.15) is 56.5 Å². The Balaban J connectivity index is 0.00000484. The quantitative estimate of drug-likeness (QED) is 0.714. The third-order valence-corrected chi connectivity index (χ3v) is 3.24. The van der Waals surface area contributed by atoms with Gasteiger partial charge >= 0.3 is 0 Å². The lowest BCUT2D eigenvalue weighted by molar-refractivity contribution is -0.121. The van der Waals surface area contributed by atoms with Gasteiger partial charge in [-0.05, 0) is 31.7 Å². The number of nitrogens with one attached hydrogen (secondary N) is 1. The zero-order valence-corrected chi connectivity index (χ0v) is 15.3. The first-order chi connectivity index (χ1) is 10.2. The Labute approximate surface area is 145 Å². The largest absolute Gasteiger partial charge is 0.354 e. The number of hydrogen-bond acceptors (Lipinski definition) is 3. The van der Waals surface area contributed by atoms with Crippen LogP contribution in [-0.2, 0) is 11.2 Å². The van der Waals surface area contributed by atoms with E-state index >= 15 is 0 Å². The number of hydrogen-bond donors (Lipinski definition) is 2. The molecule has 0 bridgehead atoms. The molecule has 1 rings (SSSR count). The minimum Gasteiger partial charge on any atom is -0.354 e. The van der Waals surface area contributed by atoms with Crippen molar-refractivity contribution in [2.24, 2.45) is 11.7 Å². The molecule has 0 aromatic heterocycles. The lowest BCUT2D eigenvalue weighted by Gasteiger charge is -2.18. The van der Waals surface area contributed by atoms with Crippen molar-refractivity contribution >= 4 is 24.1 Å². The van der Waals surface area contributed by atoms with Gasteiger partial charge in [-0.25, -0.2) is 0 Å². The van der Waals surface area contributed by atoms with Crippen molar-refractivity contribution in [1.82, 2.24) is 5.32 Å². The lowest BCUT2D eigenvalue weighted by Crippen LogP contribution is -2.45. The fourth-order valence-electron chi connectivity index (χ4n) is 2.08. The van der Waals surface area contributed by atoms with Crippen LogP contribution in [0.15, 0.2) is 24.3 Å². The number of halogens is 1. The highest BCUT2D eigenvalue weighted by molar-refractivity contribution is 5.97. The van der Waals surface area contributed by atoms with Gasteiger partial charge in [0, 0.05) is 30.5 Å². The number of carbonyl (C=O) groups excluding carboxylic acids is 2. The van der Waals surface area contributed by atoms with E-state index in [-0.39, 0.29) is 36.9 Å². The molecule has 1 aromatic carbocycles. The molecular formula is C18H29ClN2O2. The van der Waals surface area contributed by atoms with Crippen LogP contribution < -0.4 is 11.1 Å². The van der Waals surface area contributed by atoms with E-state index in [0.29, 0.717) is 18.0 Å². The molecule has 0 aliphatic carbocycles. The molecule has 4 nitrogen and oxygen atoms in total. The fourth-order valence-corrected chi connectivity index (χ4v) is 2.08. The third kappa shape index (κ3) is 9.36. The highest BCUT2D eigenvalue weighted by Crippen LogP contribution is 2.12. The van der Waals surface area contributed by atoms with E-state index in [1.54, 1.807) is 0 Å². The molecule has 130 valence electrons. The number of Topliss-reactive ketones (excluding diaryl/α,β-unsaturated/α-hetero) is 1. The fraction of sp³-hybridized carbons (Fsp3) is 0.556. The molecule has 5 heteroatoms. The summed E-state index contributed by atoms with van der Waals surface area (Å²) in [4.78, 5) is 23.8. The van der Waals surface area contributed by atoms with E-state index < -0.39 is 5.54 Å². The van der Waals surface area contributed by atoms with Crippen LogP contribution in [0.25, 0.3) is 0 Å². The second-order valence-corrected chi connectivity index (χ2v) is 6.98. The van der Waals surface area contributed by atoms with Crippen LogP contribution in [0.4, 0.5) is 0 Å². The van der Waals surface area contributed by atoms with Crippen molar-refractivity contribution in [2.45, 2.75) is 52.5 Å². The Bertz CT molecular complexity index is 505. The number of amides is 1. The van der Waals surface area contributed by atoms with Crippen molar-refractivity contribution in [3.8, 4) is 0 Å². The van der Waals surface area contributed by atoms with Crippen LogP contribution in [-0.4, -0.2) is 23.8 Å². The average molecular weight is 341 g/mol. The summed E-state index contributed by atoms with van der Waals surface area (Å²) in [6.07, 6.45) is 1.43. The Morgan fingerprint density at radius 1 is 1.13 bits per heavy atom. The average Bonchev–Trinajstić information content (AvgIpc) is 2.42. The smallest absolute Gasteiger partial charge is 0.220 e. The molecule has 0 atom stereocenters. The van der Waals surface area contributed by atoms with E-state index in [9.17, 15) is 9.59 Å². The molecule has 0 heterocycles. The molecule has 0 spiro atoms.